The number of nitrogens with one attached hydrogen (secondary N) is 3. The molecule has 0 fully saturated rings. The van der Waals surface area contributed by atoms with Gasteiger partial charge in [0.05, 0.1) is 41.1 Å². The Labute approximate surface area is 250 Å². The van der Waals surface area contributed by atoms with Gasteiger partial charge in [0.2, 0.25) is 0 Å². The predicted molar refractivity (Wildman–Crippen MR) is 174 cm³/mol. The molecule has 1 aliphatic heterocycles. The van der Waals surface area contributed by atoms with E-state index in [1.165, 1.54) is 16.7 Å². The molecular formula is C35H33N7O. The highest BCUT2D eigenvalue weighted by Gasteiger charge is 2.18. The standard InChI is InChI=1S/C35H33N7O/c1-20-19-43-23(4)15-28(20)24-5-8-30-29(16-24)33(14-22(3)38-30)40-27-7-10-32(37-18-27)35-41-31-9-6-25(17-34(31)42-35)39-26-11-12-36-21(2)13-26/h5-14,16-18,23H,15,19H2,1-4H3,(H,36,39)(H,38,40)(H,41,42)/t23-/m1/s1. The Bertz CT molecular complexity index is 2010. The van der Waals surface area contributed by atoms with Crippen LogP contribution in [0.15, 0.2) is 84.7 Å². The fraction of sp³-hybridized carbons (Fsp3) is 0.200. The smallest absolute Gasteiger partial charge is 0.157 e. The summed E-state index contributed by atoms with van der Waals surface area (Å²) in [4.78, 5) is 22.0. The Morgan fingerprint density at radius 2 is 1.63 bits per heavy atom. The lowest BCUT2D eigenvalue weighted by Crippen LogP contribution is -2.17. The Morgan fingerprint density at radius 1 is 0.791 bits per heavy atom. The number of aromatic nitrogens is 5. The normalized spacial score (nSPS) is 15.3. The minimum atomic E-state index is 0.217. The largest absolute Gasteiger partial charge is 0.374 e. The summed E-state index contributed by atoms with van der Waals surface area (Å²) in [7, 11) is 0. The van der Waals surface area contributed by atoms with E-state index in [1.807, 2.05) is 56.4 Å². The molecule has 0 aliphatic carbocycles. The first-order chi connectivity index (χ1) is 20.9. The summed E-state index contributed by atoms with van der Waals surface area (Å²) in [6, 6.07) is 22.7. The average Bonchev–Trinajstić information content (AvgIpc) is 3.42. The van der Waals surface area contributed by atoms with Crippen LogP contribution in [0.1, 0.15) is 37.2 Å². The van der Waals surface area contributed by atoms with Crippen LogP contribution in [0.25, 0.3) is 39.0 Å². The van der Waals surface area contributed by atoms with E-state index in [4.69, 9.17) is 19.7 Å². The van der Waals surface area contributed by atoms with E-state index >= 15 is 0 Å². The van der Waals surface area contributed by atoms with Gasteiger partial charge in [-0.3, -0.25) is 15.0 Å². The van der Waals surface area contributed by atoms with Crippen LogP contribution in [0, 0.1) is 13.8 Å². The summed E-state index contributed by atoms with van der Waals surface area (Å²) in [5.74, 6) is 0.725. The Balaban J connectivity index is 1.14. The van der Waals surface area contributed by atoms with Crippen LogP contribution in [0.3, 0.4) is 0 Å². The highest BCUT2D eigenvalue weighted by atomic mass is 16.5. The van der Waals surface area contributed by atoms with E-state index in [2.05, 4.69) is 64.8 Å². The minimum Gasteiger partial charge on any atom is -0.374 e. The lowest BCUT2D eigenvalue weighted by atomic mass is 9.92. The number of aromatic amines is 1. The quantitative estimate of drug-likeness (QED) is 0.186. The zero-order valence-electron chi connectivity index (χ0n) is 24.7. The SMILES string of the molecule is CC1=C(c2ccc3nc(C)cc(Nc4ccc(-c5nc6ccc(Nc7ccnc(C)c7)cc6[nH]5)nc4)c3c2)C[C@@H](C)OC1. The van der Waals surface area contributed by atoms with Crippen LogP contribution >= 0.6 is 0 Å². The lowest BCUT2D eigenvalue weighted by Gasteiger charge is -2.24. The number of H-pyrrole nitrogens is 1. The number of aryl methyl sites for hydroxylation is 2. The second-order valence-electron chi connectivity index (χ2n) is 11.3. The third kappa shape index (κ3) is 5.57. The maximum atomic E-state index is 5.84. The molecule has 6 aromatic rings. The van der Waals surface area contributed by atoms with Crippen molar-refractivity contribution in [1.29, 1.82) is 0 Å². The molecule has 0 bridgehead atoms. The third-order valence-corrected chi connectivity index (χ3v) is 7.83. The molecule has 8 nitrogen and oxygen atoms in total. The van der Waals surface area contributed by atoms with Crippen LogP contribution in [0.4, 0.5) is 22.7 Å². The molecule has 3 N–H and O–H groups in total. The van der Waals surface area contributed by atoms with E-state index < -0.39 is 0 Å². The number of rotatable bonds is 6. The van der Waals surface area contributed by atoms with E-state index in [0.29, 0.717) is 6.61 Å². The van der Waals surface area contributed by atoms with Gasteiger partial charge in [-0.1, -0.05) is 6.07 Å². The van der Waals surface area contributed by atoms with Crippen molar-refractivity contribution in [2.24, 2.45) is 0 Å². The van der Waals surface area contributed by atoms with Gasteiger partial charge in [-0.25, -0.2) is 4.98 Å². The number of imidazole rings is 1. The van der Waals surface area contributed by atoms with Crippen molar-refractivity contribution in [3.8, 4) is 11.5 Å². The maximum Gasteiger partial charge on any atom is 0.157 e. The van der Waals surface area contributed by atoms with Crippen molar-refractivity contribution in [2.75, 3.05) is 17.2 Å². The highest BCUT2D eigenvalue weighted by Crippen LogP contribution is 2.34. The number of anilines is 4. The number of ether oxygens (including phenoxy) is 1. The zero-order valence-corrected chi connectivity index (χ0v) is 24.7. The Hall–Kier alpha value is -5.08. The topological polar surface area (TPSA) is 101 Å². The fourth-order valence-electron chi connectivity index (χ4n) is 5.65. The first kappa shape index (κ1) is 26.8. The molecular weight excluding hydrogens is 534 g/mol. The van der Waals surface area contributed by atoms with Gasteiger partial charge in [0.15, 0.2) is 5.82 Å². The molecule has 0 amide bonds. The van der Waals surface area contributed by atoms with E-state index in [0.717, 1.165) is 74.0 Å². The van der Waals surface area contributed by atoms with Crippen LogP contribution in [-0.2, 0) is 4.74 Å². The van der Waals surface area contributed by atoms with Gasteiger partial charge in [0.1, 0.15) is 5.69 Å². The molecule has 0 radical (unpaired) electrons. The lowest BCUT2D eigenvalue weighted by molar-refractivity contribution is 0.0791. The van der Waals surface area contributed by atoms with Crippen molar-refractivity contribution in [1.82, 2.24) is 24.9 Å². The molecule has 43 heavy (non-hydrogen) atoms. The first-order valence-corrected chi connectivity index (χ1v) is 14.5. The van der Waals surface area contributed by atoms with Crippen LogP contribution in [-0.4, -0.2) is 37.6 Å². The second-order valence-corrected chi connectivity index (χ2v) is 11.3. The van der Waals surface area contributed by atoms with Crippen LogP contribution in [0.2, 0.25) is 0 Å². The molecule has 2 aromatic carbocycles. The van der Waals surface area contributed by atoms with Crippen LogP contribution < -0.4 is 10.6 Å². The van der Waals surface area contributed by atoms with Gasteiger partial charge < -0.3 is 20.4 Å². The summed E-state index contributed by atoms with van der Waals surface area (Å²) in [6.07, 6.45) is 4.78. The third-order valence-electron chi connectivity index (χ3n) is 7.83. The molecule has 4 aromatic heterocycles. The summed E-state index contributed by atoms with van der Waals surface area (Å²) in [6.45, 7) is 8.97. The van der Waals surface area contributed by atoms with Crippen molar-refractivity contribution >= 4 is 50.3 Å². The summed E-state index contributed by atoms with van der Waals surface area (Å²) >= 11 is 0. The number of pyridine rings is 3. The van der Waals surface area contributed by atoms with Crippen LogP contribution in [0.5, 0.6) is 0 Å². The number of hydrogen-bond donors (Lipinski definition) is 3. The van der Waals surface area contributed by atoms with Crippen molar-refractivity contribution < 1.29 is 4.74 Å². The van der Waals surface area contributed by atoms with Gasteiger partial charge >= 0.3 is 0 Å². The number of nitrogens with zero attached hydrogens (tertiary/aromatic N) is 4. The minimum absolute atomic E-state index is 0.217. The Morgan fingerprint density at radius 3 is 2.47 bits per heavy atom. The predicted octanol–water partition coefficient (Wildman–Crippen LogP) is 8.25. The molecule has 5 heterocycles. The molecule has 0 unspecified atom stereocenters. The van der Waals surface area contributed by atoms with Crippen molar-refractivity contribution in [3.63, 3.8) is 0 Å². The molecule has 8 heteroatoms. The summed E-state index contributed by atoms with van der Waals surface area (Å²) in [5, 5.41) is 8.10. The second kappa shape index (κ2) is 11.0. The molecule has 0 spiro atoms. The molecule has 1 aliphatic rings. The maximum absolute atomic E-state index is 5.84. The molecule has 1 atom stereocenters. The molecule has 214 valence electrons. The van der Waals surface area contributed by atoms with Gasteiger partial charge in [0, 0.05) is 40.0 Å². The van der Waals surface area contributed by atoms with E-state index in [1.54, 1.807) is 6.20 Å². The fourth-order valence-corrected chi connectivity index (χ4v) is 5.65. The number of hydrogen-bond acceptors (Lipinski definition) is 7. The summed E-state index contributed by atoms with van der Waals surface area (Å²) in [5.41, 5.74) is 13.2. The molecule has 0 saturated heterocycles. The summed E-state index contributed by atoms with van der Waals surface area (Å²) < 4.78 is 5.84. The average molecular weight is 568 g/mol. The van der Waals surface area contributed by atoms with E-state index in [-0.39, 0.29) is 6.10 Å². The monoisotopic (exact) mass is 567 g/mol. The number of benzene rings is 2. The van der Waals surface area contributed by atoms with Crippen molar-refractivity contribution in [2.45, 2.75) is 40.2 Å². The highest BCUT2D eigenvalue weighted by molar-refractivity contribution is 5.95. The van der Waals surface area contributed by atoms with Gasteiger partial charge in [0.25, 0.3) is 0 Å². The van der Waals surface area contributed by atoms with Gasteiger partial charge in [-0.15, -0.1) is 0 Å². The van der Waals surface area contributed by atoms with E-state index in [9.17, 15) is 0 Å². The Kier molecular flexibility index (Phi) is 6.83. The van der Waals surface area contributed by atoms with Gasteiger partial charge in [-0.2, -0.15) is 0 Å². The zero-order chi connectivity index (χ0) is 29.5. The molecule has 7 rings (SSSR count). The molecule has 0 saturated carbocycles. The number of fused-ring (bicyclic) bond motifs is 2. The van der Waals surface area contributed by atoms with Crippen molar-refractivity contribution in [3.05, 3.63) is 102 Å². The first-order valence-electron chi connectivity index (χ1n) is 14.5. The van der Waals surface area contributed by atoms with Gasteiger partial charge in [-0.05, 0) is 111 Å².